The van der Waals surface area contributed by atoms with Gasteiger partial charge in [0.15, 0.2) is 0 Å². The SMILES string of the molecule is CNC1CC(c2cncs2)Oc2ccccc21. The van der Waals surface area contributed by atoms with Gasteiger partial charge in [-0.2, -0.15) is 0 Å². The van der Waals surface area contributed by atoms with E-state index in [-0.39, 0.29) is 6.10 Å². The molecule has 88 valence electrons. The van der Waals surface area contributed by atoms with Gasteiger partial charge in [0.2, 0.25) is 0 Å². The highest BCUT2D eigenvalue weighted by Gasteiger charge is 2.28. The molecule has 2 aromatic rings. The number of ether oxygens (including phenoxy) is 1. The molecule has 1 aromatic heterocycles. The first-order valence-corrected chi connectivity index (χ1v) is 6.57. The zero-order valence-electron chi connectivity index (χ0n) is 9.59. The van der Waals surface area contributed by atoms with Gasteiger partial charge >= 0.3 is 0 Å². The molecule has 1 aliphatic heterocycles. The summed E-state index contributed by atoms with van der Waals surface area (Å²) in [6.07, 6.45) is 2.97. The molecule has 1 aliphatic rings. The van der Waals surface area contributed by atoms with E-state index in [4.69, 9.17) is 4.74 Å². The van der Waals surface area contributed by atoms with Gasteiger partial charge in [0.25, 0.3) is 0 Å². The summed E-state index contributed by atoms with van der Waals surface area (Å²) in [5.41, 5.74) is 3.10. The number of hydrogen-bond acceptors (Lipinski definition) is 4. The summed E-state index contributed by atoms with van der Waals surface area (Å²) in [5, 5.41) is 3.36. The molecule has 1 N–H and O–H groups in total. The third kappa shape index (κ3) is 1.94. The van der Waals surface area contributed by atoms with Crippen LogP contribution in [0.3, 0.4) is 0 Å². The van der Waals surface area contributed by atoms with E-state index >= 15 is 0 Å². The molecule has 0 saturated heterocycles. The minimum Gasteiger partial charge on any atom is -0.484 e. The molecule has 0 radical (unpaired) electrons. The van der Waals surface area contributed by atoms with Gasteiger partial charge in [-0.15, -0.1) is 11.3 Å². The van der Waals surface area contributed by atoms with Crippen LogP contribution in [-0.4, -0.2) is 12.0 Å². The van der Waals surface area contributed by atoms with Crippen molar-refractivity contribution in [2.75, 3.05) is 7.05 Å². The third-order valence-electron chi connectivity index (χ3n) is 3.13. The fourth-order valence-electron chi connectivity index (χ4n) is 2.25. The predicted molar refractivity (Wildman–Crippen MR) is 68.3 cm³/mol. The fourth-order valence-corrected chi connectivity index (χ4v) is 2.91. The molecule has 3 rings (SSSR count). The Morgan fingerprint density at radius 2 is 2.29 bits per heavy atom. The number of aromatic nitrogens is 1. The molecule has 0 bridgehead atoms. The lowest BCUT2D eigenvalue weighted by Gasteiger charge is -2.31. The zero-order valence-corrected chi connectivity index (χ0v) is 10.4. The molecule has 17 heavy (non-hydrogen) atoms. The molecule has 1 aromatic carbocycles. The van der Waals surface area contributed by atoms with E-state index in [2.05, 4.69) is 22.4 Å². The maximum absolute atomic E-state index is 6.04. The van der Waals surface area contributed by atoms with E-state index in [0.29, 0.717) is 6.04 Å². The summed E-state index contributed by atoms with van der Waals surface area (Å²) in [5.74, 6) is 0.983. The van der Waals surface area contributed by atoms with Crippen LogP contribution in [0.4, 0.5) is 0 Å². The summed E-state index contributed by atoms with van der Waals surface area (Å²) in [6.45, 7) is 0. The van der Waals surface area contributed by atoms with Gasteiger partial charge < -0.3 is 10.1 Å². The zero-order chi connectivity index (χ0) is 11.7. The number of thiazole rings is 1. The van der Waals surface area contributed by atoms with E-state index in [9.17, 15) is 0 Å². The van der Waals surface area contributed by atoms with Crippen molar-refractivity contribution < 1.29 is 4.74 Å². The molecule has 3 nitrogen and oxygen atoms in total. The van der Waals surface area contributed by atoms with Crippen molar-refractivity contribution in [1.82, 2.24) is 10.3 Å². The van der Waals surface area contributed by atoms with Crippen LogP contribution >= 0.6 is 11.3 Å². The van der Waals surface area contributed by atoms with Crippen LogP contribution in [0.5, 0.6) is 5.75 Å². The van der Waals surface area contributed by atoms with E-state index in [1.807, 2.05) is 30.9 Å². The van der Waals surface area contributed by atoms with Crippen LogP contribution in [0.25, 0.3) is 0 Å². The average Bonchev–Trinajstić information content (AvgIpc) is 2.91. The number of nitrogens with one attached hydrogen (secondary N) is 1. The van der Waals surface area contributed by atoms with Crippen LogP contribution in [0, 0.1) is 0 Å². The molecule has 0 spiro atoms. The number of rotatable bonds is 2. The second kappa shape index (κ2) is 4.47. The van der Waals surface area contributed by atoms with Gasteiger partial charge in [0.1, 0.15) is 11.9 Å². The highest BCUT2D eigenvalue weighted by atomic mass is 32.1. The Morgan fingerprint density at radius 3 is 3.06 bits per heavy atom. The van der Waals surface area contributed by atoms with E-state index < -0.39 is 0 Å². The summed E-state index contributed by atoms with van der Waals surface area (Å²) < 4.78 is 6.04. The Morgan fingerprint density at radius 1 is 1.41 bits per heavy atom. The van der Waals surface area contributed by atoms with Crippen LogP contribution in [0.15, 0.2) is 36.0 Å². The topological polar surface area (TPSA) is 34.2 Å². The highest BCUT2D eigenvalue weighted by molar-refractivity contribution is 7.09. The number of para-hydroxylation sites is 1. The summed E-state index contributed by atoms with van der Waals surface area (Å²) in [7, 11) is 2.00. The lowest BCUT2D eigenvalue weighted by Crippen LogP contribution is -2.26. The Kier molecular flexibility index (Phi) is 2.82. The molecule has 0 amide bonds. The fraction of sp³-hybridized carbons (Fsp3) is 0.308. The number of nitrogens with zero attached hydrogens (tertiary/aromatic N) is 1. The van der Waals surface area contributed by atoms with Crippen LogP contribution in [0.2, 0.25) is 0 Å². The maximum atomic E-state index is 6.04. The number of fused-ring (bicyclic) bond motifs is 1. The van der Waals surface area contributed by atoms with E-state index in [0.717, 1.165) is 12.2 Å². The second-order valence-corrected chi connectivity index (χ2v) is 5.04. The molecule has 2 atom stereocenters. The van der Waals surface area contributed by atoms with Crippen molar-refractivity contribution >= 4 is 11.3 Å². The molecular weight excluding hydrogens is 232 g/mol. The van der Waals surface area contributed by atoms with Crippen molar-refractivity contribution in [2.24, 2.45) is 0 Å². The third-order valence-corrected chi connectivity index (χ3v) is 4.00. The van der Waals surface area contributed by atoms with Gasteiger partial charge in [-0.3, -0.25) is 4.98 Å². The Balaban J connectivity index is 1.95. The molecule has 4 heteroatoms. The van der Waals surface area contributed by atoms with Crippen molar-refractivity contribution in [1.29, 1.82) is 0 Å². The van der Waals surface area contributed by atoms with Crippen LogP contribution < -0.4 is 10.1 Å². The molecule has 0 saturated carbocycles. The van der Waals surface area contributed by atoms with Gasteiger partial charge in [0, 0.05) is 24.2 Å². The normalized spacial score (nSPS) is 22.9. The summed E-state index contributed by atoms with van der Waals surface area (Å²) in [6, 6.07) is 8.58. The molecule has 0 aliphatic carbocycles. The van der Waals surface area contributed by atoms with Crippen molar-refractivity contribution in [2.45, 2.75) is 18.6 Å². The van der Waals surface area contributed by atoms with Gasteiger partial charge in [-0.05, 0) is 13.1 Å². The summed E-state index contributed by atoms with van der Waals surface area (Å²) in [4.78, 5) is 5.32. The number of hydrogen-bond donors (Lipinski definition) is 1. The monoisotopic (exact) mass is 246 g/mol. The first kappa shape index (κ1) is 10.7. The highest BCUT2D eigenvalue weighted by Crippen LogP contribution is 2.41. The van der Waals surface area contributed by atoms with Gasteiger partial charge in [-0.1, -0.05) is 18.2 Å². The maximum Gasteiger partial charge on any atom is 0.136 e. The second-order valence-electron chi connectivity index (χ2n) is 4.13. The Labute approximate surface area is 104 Å². The van der Waals surface area contributed by atoms with Crippen molar-refractivity contribution in [3.05, 3.63) is 46.4 Å². The minimum atomic E-state index is 0.120. The summed E-state index contributed by atoms with van der Waals surface area (Å²) >= 11 is 1.65. The van der Waals surface area contributed by atoms with Crippen LogP contribution in [-0.2, 0) is 0 Å². The minimum absolute atomic E-state index is 0.120. The molecule has 0 fully saturated rings. The lowest BCUT2D eigenvalue weighted by molar-refractivity contribution is 0.157. The molecular formula is C13H14N2OS. The van der Waals surface area contributed by atoms with E-state index in [1.54, 1.807) is 11.3 Å². The smallest absolute Gasteiger partial charge is 0.136 e. The number of benzene rings is 1. The van der Waals surface area contributed by atoms with Crippen molar-refractivity contribution in [3.8, 4) is 5.75 Å². The largest absolute Gasteiger partial charge is 0.484 e. The van der Waals surface area contributed by atoms with Gasteiger partial charge in [-0.25, -0.2) is 0 Å². The molecule has 2 heterocycles. The average molecular weight is 246 g/mol. The predicted octanol–water partition coefficient (Wildman–Crippen LogP) is 2.93. The van der Waals surface area contributed by atoms with Crippen LogP contribution in [0.1, 0.15) is 29.0 Å². The van der Waals surface area contributed by atoms with E-state index in [1.165, 1.54) is 10.4 Å². The molecule has 2 unspecified atom stereocenters. The first-order valence-electron chi connectivity index (χ1n) is 5.69. The van der Waals surface area contributed by atoms with Crippen molar-refractivity contribution in [3.63, 3.8) is 0 Å². The standard InChI is InChI=1S/C13H14N2OS/c1-14-10-6-12(13-7-15-8-17-13)16-11-5-3-2-4-9(10)11/h2-5,7-8,10,12,14H,6H2,1H3. The van der Waals surface area contributed by atoms with Gasteiger partial charge in [0.05, 0.1) is 10.4 Å². The Hall–Kier alpha value is -1.39. The quantitative estimate of drug-likeness (QED) is 0.884. The Bertz CT molecular complexity index is 498. The lowest BCUT2D eigenvalue weighted by atomic mass is 9.96. The first-order chi connectivity index (χ1) is 8.38.